The minimum absolute atomic E-state index is 0.221. The van der Waals surface area contributed by atoms with Gasteiger partial charge in [0.05, 0.1) is 0 Å². The zero-order chi connectivity index (χ0) is 15.3. The summed E-state index contributed by atoms with van der Waals surface area (Å²) < 4.78 is 5.24. The second-order valence-corrected chi connectivity index (χ2v) is 6.03. The van der Waals surface area contributed by atoms with Gasteiger partial charge in [-0.25, -0.2) is 9.59 Å². The van der Waals surface area contributed by atoms with Crippen molar-refractivity contribution < 1.29 is 19.4 Å². The third-order valence-corrected chi connectivity index (χ3v) is 4.71. The molecule has 1 atom stereocenters. The van der Waals surface area contributed by atoms with Crippen LogP contribution in [0.5, 0.6) is 0 Å². The van der Waals surface area contributed by atoms with E-state index in [4.69, 9.17) is 4.74 Å². The van der Waals surface area contributed by atoms with Crippen molar-refractivity contribution in [2.24, 2.45) is 0 Å². The molecule has 0 bridgehead atoms. The summed E-state index contributed by atoms with van der Waals surface area (Å²) in [5.74, 6) is -0.956. The number of nitrogens with one attached hydrogen (secondary N) is 1. The second kappa shape index (κ2) is 7.11. The van der Waals surface area contributed by atoms with Crippen LogP contribution in [0.3, 0.4) is 0 Å². The minimum atomic E-state index is -1.17. The van der Waals surface area contributed by atoms with E-state index >= 15 is 0 Å². The van der Waals surface area contributed by atoms with Crippen LogP contribution < -0.4 is 5.32 Å². The van der Waals surface area contributed by atoms with Gasteiger partial charge in [0, 0.05) is 38.6 Å². The van der Waals surface area contributed by atoms with Crippen LogP contribution in [0, 0.1) is 0 Å². The number of urea groups is 1. The van der Waals surface area contributed by atoms with Gasteiger partial charge in [-0.05, 0) is 19.3 Å². The van der Waals surface area contributed by atoms with Crippen molar-refractivity contribution in [3.63, 3.8) is 0 Å². The number of likely N-dealkylation sites (tertiary alicyclic amines) is 1. The van der Waals surface area contributed by atoms with Crippen molar-refractivity contribution in [2.75, 3.05) is 19.8 Å². The SMILES string of the molecule is CCC1CCCCCN1C(=O)NC1(C(=O)O)CCOCC1. The van der Waals surface area contributed by atoms with Gasteiger partial charge in [0.2, 0.25) is 0 Å². The van der Waals surface area contributed by atoms with E-state index in [1.165, 1.54) is 0 Å². The summed E-state index contributed by atoms with van der Waals surface area (Å²) in [6.45, 7) is 3.56. The molecule has 2 rings (SSSR count). The molecule has 1 unspecified atom stereocenters. The van der Waals surface area contributed by atoms with E-state index < -0.39 is 11.5 Å². The molecule has 6 nitrogen and oxygen atoms in total. The molecule has 0 aromatic rings. The summed E-state index contributed by atoms with van der Waals surface area (Å²) in [5.41, 5.74) is -1.17. The first-order valence-electron chi connectivity index (χ1n) is 7.99. The fourth-order valence-electron chi connectivity index (χ4n) is 3.26. The number of rotatable bonds is 3. The van der Waals surface area contributed by atoms with Crippen LogP contribution in [0.2, 0.25) is 0 Å². The van der Waals surface area contributed by atoms with Crippen LogP contribution in [0.15, 0.2) is 0 Å². The Balaban J connectivity index is 2.08. The number of amides is 2. The molecule has 2 aliphatic rings. The molecule has 2 aliphatic heterocycles. The average molecular weight is 298 g/mol. The van der Waals surface area contributed by atoms with Gasteiger partial charge < -0.3 is 20.1 Å². The molecule has 2 amide bonds. The molecule has 2 saturated heterocycles. The Hall–Kier alpha value is -1.30. The molecule has 0 spiro atoms. The summed E-state index contributed by atoms with van der Waals surface area (Å²) in [7, 11) is 0. The van der Waals surface area contributed by atoms with E-state index in [1.807, 2.05) is 4.90 Å². The number of carboxylic acids is 1. The molecule has 120 valence electrons. The summed E-state index contributed by atoms with van der Waals surface area (Å²) >= 11 is 0. The third-order valence-electron chi connectivity index (χ3n) is 4.71. The van der Waals surface area contributed by atoms with Gasteiger partial charge in [-0.15, -0.1) is 0 Å². The molecule has 0 aromatic carbocycles. The largest absolute Gasteiger partial charge is 0.480 e. The maximum absolute atomic E-state index is 12.6. The van der Waals surface area contributed by atoms with Crippen molar-refractivity contribution in [3.8, 4) is 0 Å². The number of ether oxygens (including phenoxy) is 1. The number of carbonyl (C=O) groups excluding carboxylic acids is 1. The fraction of sp³-hybridized carbons (Fsp3) is 0.867. The zero-order valence-corrected chi connectivity index (χ0v) is 12.8. The zero-order valence-electron chi connectivity index (χ0n) is 12.8. The number of hydrogen-bond acceptors (Lipinski definition) is 3. The summed E-state index contributed by atoms with van der Waals surface area (Å²) in [4.78, 5) is 26.1. The number of nitrogens with zero attached hydrogens (tertiary/aromatic N) is 1. The van der Waals surface area contributed by atoms with Crippen LogP contribution in [0.4, 0.5) is 4.79 Å². The molecule has 2 fully saturated rings. The van der Waals surface area contributed by atoms with E-state index in [0.717, 1.165) is 38.6 Å². The minimum Gasteiger partial charge on any atom is -0.480 e. The number of carbonyl (C=O) groups is 2. The number of hydrogen-bond donors (Lipinski definition) is 2. The molecule has 2 N–H and O–H groups in total. The van der Waals surface area contributed by atoms with Gasteiger partial charge in [-0.3, -0.25) is 0 Å². The molecular formula is C15H26N2O4. The summed E-state index contributed by atoms with van der Waals surface area (Å²) in [5, 5.41) is 12.3. The third kappa shape index (κ3) is 3.67. The second-order valence-electron chi connectivity index (χ2n) is 6.03. The van der Waals surface area contributed by atoms with E-state index in [2.05, 4.69) is 12.2 Å². The van der Waals surface area contributed by atoms with E-state index in [1.54, 1.807) is 0 Å². The van der Waals surface area contributed by atoms with E-state index in [0.29, 0.717) is 26.1 Å². The highest BCUT2D eigenvalue weighted by molar-refractivity contribution is 5.86. The first-order chi connectivity index (χ1) is 10.1. The quantitative estimate of drug-likeness (QED) is 0.835. The maximum Gasteiger partial charge on any atom is 0.329 e. The number of aliphatic carboxylic acids is 1. The molecule has 0 radical (unpaired) electrons. The van der Waals surface area contributed by atoms with Crippen molar-refractivity contribution in [2.45, 2.75) is 63.5 Å². The fourth-order valence-corrected chi connectivity index (χ4v) is 3.26. The topological polar surface area (TPSA) is 78.9 Å². The highest BCUT2D eigenvalue weighted by Gasteiger charge is 2.43. The molecule has 21 heavy (non-hydrogen) atoms. The van der Waals surface area contributed by atoms with Crippen LogP contribution in [0.1, 0.15) is 51.9 Å². The van der Waals surface area contributed by atoms with E-state index in [9.17, 15) is 14.7 Å². The Labute approximate surface area is 125 Å². The molecule has 2 heterocycles. The number of carboxylic acid groups (broad SMARTS) is 1. The van der Waals surface area contributed by atoms with Crippen LogP contribution >= 0.6 is 0 Å². The Morgan fingerprint density at radius 1 is 1.29 bits per heavy atom. The van der Waals surface area contributed by atoms with Gasteiger partial charge in [0.25, 0.3) is 0 Å². The van der Waals surface area contributed by atoms with Crippen molar-refractivity contribution in [3.05, 3.63) is 0 Å². The highest BCUT2D eigenvalue weighted by atomic mass is 16.5. The monoisotopic (exact) mass is 298 g/mol. The lowest BCUT2D eigenvalue weighted by Crippen LogP contribution is -2.61. The Morgan fingerprint density at radius 2 is 2.00 bits per heavy atom. The highest BCUT2D eigenvalue weighted by Crippen LogP contribution is 2.24. The maximum atomic E-state index is 12.6. The molecule has 0 saturated carbocycles. The van der Waals surface area contributed by atoms with Gasteiger partial charge in [0.1, 0.15) is 5.54 Å². The lowest BCUT2D eigenvalue weighted by Gasteiger charge is -2.37. The normalized spacial score (nSPS) is 26.0. The van der Waals surface area contributed by atoms with Crippen molar-refractivity contribution >= 4 is 12.0 Å². The smallest absolute Gasteiger partial charge is 0.329 e. The standard InChI is InChI=1S/C15H26N2O4/c1-2-12-6-4-3-5-9-17(12)14(20)16-15(13(18)19)7-10-21-11-8-15/h12H,2-11H2,1H3,(H,16,20)(H,18,19). The molecule has 0 aliphatic carbocycles. The van der Waals surface area contributed by atoms with Crippen molar-refractivity contribution in [1.29, 1.82) is 0 Å². The van der Waals surface area contributed by atoms with Crippen LogP contribution in [-0.4, -0.2) is 53.3 Å². The average Bonchev–Trinajstić information content (AvgIpc) is 2.73. The van der Waals surface area contributed by atoms with E-state index in [-0.39, 0.29) is 12.1 Å². The Bertz CT molecular complexity index is 380. The van der Waals surface area contributed by atoms with Crippen LogP contribution in [-0.2, 0) is 9.53 Å². The lowest BCUT2D eigenvalue weighted by molar-refractivity contribution is -0.148. The predicted octanol–water partition coefficient (Wildman–Crippen LogP) is 1.98. The van der Waals surface area contributed by atoms with Gasteiger partial charge >= 0.3 is 12.0 Å². The van der Waals surface area contributed by atoms with Gasteiger partial charge in [-0.1, -0.05) is 19.8 Å². The molecule has 0 aromatic heterocycles. The lowest BCUT2D eigenvalue weighted by atomic mass is 9.90. The van der Waals surface area contributed by atoms with Gasteiger partial charge in [-0.2, -0.15) is 0 Å². The molecule has 6 heteroatoms. The Morgan fingerprint density at radius 3 is 2.62 bits per heavy atom. The first-order valence-corrected chi connectivity index (χ1v) is 7.99. The Kier molecular flexibility index (Phi) is 5.45. The van der Waals surface area contributed by atoms with Crippen molar-refractivity contribution in [1.82, 2.24) is 10.2 Å². The first kappa shape index (κ1) is 16.1. The summed E-state index contributed by atoms with van der Waals surface area (Å²) in [6, 6.07) is -0.00812. The predicted molar refractivity (Wildman–Crippen MR) is 78.2 cm³/mol. The summed E-state index contributed by atoms with van der Waals surface area (Å²) in [6.07, 6.45) is 5.85. The van der Waals surface area contributed by atoms with Gasteiger partial charge in [0.15, 0.2) is 0 Å². The van der Waals surface area contributed by atoms with Crippen LogP contribution in [0.25, 0.3) is 0 Å². The molecular weight excluding hydrogens is 272 g/mol.